The van der Waals surface area contributed by atoms with E-state index < -0.39 is 47.7 Å². The van der Waals surface area contributed by atoms with E-state index in [1.54, 1.807) is 6.07 Å². The Bertz CT molecular complexity index is 906. The molecule has 0 aliphatic rings. The number of anilines is 1. The molecule has 0 fully saturated rings. The van der Waals surface area contributed by atoms with Crippen LogP contribution < -0.4 is 10.1 Å². The minimum Gasteiger partial charge on any atom is -0.484 e. The summed E-state index contributed by atoms with van der Waals surface area (Å²) in [7, 11) is 2.99. The molecule has 0 saturated heterocycles. The third kappa shape index (κ3) is 5.88. The van der Waals surface area contributed by atoms with E-state index in [0.717, 1.165) is 0 Å². The second kappa shape index (κ2) is 8.64. The fourth-order valence-electron chi connectivity index (χ4n) is 2.36. The SMILES string of the molecule is CN(C)C(=O)c1ccccc1NC(=O)COc1cc(C(F)(F)F)cc(C(F)(F)F)c1. The molecular weight excluding hydrogens is 418 g/mol. The van der Waals surface area contributed by atoms with Crippen molar-refractivity contribution in [1.82, 2.24) is 4.90 Å². The van der Waals surface area contributed by atoms with Gasteiger partial charge in [0.15, 0.2) is 6.61 Å². The van der Waals surface area contributed by atoms with Gasteiger partial charge >= 0.3 is 12.4 Å². The Morgan fingerprint density at radius 2 is 1.47 bits per heavy atom. The predicted molar refractivity (Wildman–Crippen MR) is 95.0 cm³/mol. The lowest BCUT2D eigenvalue weighted by atomic mass is 10.1. The van der Waals surface area contributed by atoms with Crippen molar-refractivity contribution in [3.05, 3.63) is 59.2 Å². The molecule has 1 N–H and O–H groups in total. The zero-order valence-electron chi connectivity index (χ0n) is 15.7. The molecule has 0 atom stereocenters. The van der Waals surface area contributed by atoms with Crippen molar-refractivity contribution in [2.75, 3.05) is 26.0 Å². The van der Waals surface area contributed by atoms with Crippen LogP contribution in [0.1, 0.15) is 21.5 Å². The lowest BCUT2D eigenvalue weighted by Gasteiger charge is -2.16. The minimum atomic E-state index is -5.03. The Hall–Kier alpha value is -3.24. The number of benzene rings is 2. The second-order valence-electron chi connectivity index (χ2n) is 6.32. The Balaban J connectivity index is 2.18. The number of para-hydroxylation sites is 1. The summed E-state index contributed by atoms with van der Waals surface area (Å²) in [4.78, 5) is 25.5. The third-order valence-corrected chi connectivity index (χ3v) is 3.77. The Kier molecular flexibility index (Phi) is 6.63. The molecule has 0 aliphatic carbocycles. The molecular formula is C19H16F6N2O3. The standard InChI is InChI=1S/C19H16F6N2O3/c1-27(2)17(29)14-5-3-4-6-15(14)26-16(28)10-30-13-8-11(18(20,21)22)7-12(9-13)19(23,24)25/h3-9H,10H2,1-2H3,(H,26,28). The highest BCUT2D eigenvalue weighted by Crippen LogP contribution is 2.38. The number of carbonyl (C=O) groups excluding carboxylic acids is 2. The van der Waals surface area contributed by atoms with Crippen LogP contribution in [0.4, 0.5) is 32.0 Å². The van der Waals surface area contributed by atoms with Gasteiger partial charge in [-0.25, -0.2) is 0 Å². The number of halogens is 6. The van der Waals surface area contributed by atoms with Crippen LogP contribution in [0.5, 0.6) is 5.75 Å². The summed E-state index contributed by atoms with van der Waals surface area (Å²) in [6.07, 6.45) is -10.1. The van der Waals surface area contributed by atoms with Crippen LogP contribution in [-0.2, 0) is 17.1 Å². The third-order valence-electron chi connectivity index (χ3n) is 3.77. The molecule has 2 aromatic rings. The van der Waals surface area contributed by atoms with E-state index in [4.69, 9.17) is 4.74 Å². The normalized spacial score (nSPS) is 11.7. The maximum atomic E-state index is 12.9. The van der Waals surface area contributed by atoms with Crippen LogP contribution >= 0.6 is 0 Å². The van der Waals surface area contributed by atoms with Gasteiger partial charge < -0.3 is 15.0 Å². The van der Waals surface area contributed by atoms with Crippen molar-refractivity contribution in [1.29, 1.82) is 0 Å². The van der Waals surface area contributed by atoms with E-state index in [0.29, 0.717) is 12.1 Å². The number of hydrogen-bond acceptors (Lipinski definition) is 3. The van der Waals surface area contributed by atoms with Gasteiger partial charge in [-0.05, 0) is 30.3 Å². The summed E-state index contributed by atoms with van der Waals surface area (Å²) in [5.74, 6) is -2.07. The molecule has 0 heterocycles. The maximum absolute atomic E-state index is 12.9. The number of ether oxygens (including phenoxy) is 1. The first-order valence-corrected chi connectivity index (χ1v) is 8.32. The van der Waals surface area contributed by atoms with Gasteiger partial charge in [0.25, 0.3) is 11.8 Å². The van der Waals surface area contributed by atoms with Gasteiger partial charge in [-0.15, -0.1) is 0 Å². The second-order valence-corrected chi connectivity index (χ2v) is 6.32. The molecule has 0 unspecified atom stereocenters. The average molecular weight is 434 g/mol. The Labute approximate surface area is 167 Å². The number of alkyl halides is 6. The lowest BCUT2D eigenvalue weighted by molar-refractivity contribution is -0.143. The first-order chi connectivity index (χ1) is 13.8. The van der Waals surface area contributed by atoms with E-state index in [2.05, 4.69) is 5.32 Å². The predicted octanol–water partition coefficient (Wildman–Crippen LogP) is 4.44. The summed E-state index contributed by atoms with van der Waals surface area (Å²) >= 11 is 0. The highest BCUT2D eigenvalue weighted by molar-refractivity contribution is 6.03. The van der Waals surface area contributed by atoms with E-state index in [1.807, 2.05) is 0 Å². The van der Waals surface area contributed by atoms with Gasteiger partial charge in [-0.3, -0.25) is 9.59 Å². The molecule has 5 nitrogen and oxygen atoms in total. The topological polar surface area (TPSA) is 58.6 Å². The van der Waals surface area contributed by atoms with Crippen molar-refractivity contribution in [2.24, 2.45) is 0 Å². The van der Waals surface area contributed by atoms with E-state index in [9.17, 15) is 35.9 Å². The molecule has 0 bridgehead atoms. The molecule has 0 aromatic heterocycles. The first-order valence-electron chi connectivity index (χ1n) is 8.32. The quantitative estimate of drug-likeness (QED) is 0.708. The summed E-state index contributed by atoms with van der Waals surface area (Å²) in [5.41, 5.74) is -2.86. The molecule has 2 rings (SSSR count). The summed E-state index contributed by atoms with van der Waals surface area (Å²) in [6, 6.07) is 6.64. The van der Waals surface area contributed by atoms with E-state index in [-0.39, 0.29) is 17.3 Å². The van der Waals surface area contributed by atoms with Crippen LogP contribution in [-0.4, -0.2) is 37.4 Å². The van der Waals surface area contributed by atoms with Gasteiger partial charge in [-0.1, -0.05) is 12.1 Å². The first kappa shape index (κ1) is 23.0. The summed E-state index contributed by atoms with van der Waals surface area (Å²) in [6.45, 7) is -0.872. The summed E-state index contributed by atoms with van der Waals surface area (Å²) < 4.78 is 82.1. The lowest BCUT2D eigenvalue weighted by Crippen LogP contribution is -2.25. The Morgan fingerprint density at radius 1 is 0.933 bits per heavy atom. The number of carbonyl (C=O) groups is 2. The molecule has 30 heavy (non-hydrogen) atoms. The van der Waals surface area contributed by atoms with Gasteiger partial charge in [-0.2, -0.15) is 26.3 Å². The van der Waals surface area contributed by atoms with Crippen LogP contribution in [0.25, 0.3) is 0 Å². The zero-order chi connectivity index (χ0) is 22.7. The number of rotatable bonds is 5. The van der Waals surface area contributed by atoms with Gasteiger partial charge in [0.1, 0.15) is 5.75 Å². The van der Waals surface area contributed by atoms with Gasteiger partial charge in [0.2, 0.25) is 0 Å². The molecule has 0 spiro atoms. The molecule has 162 valence electrons. The molecule has 11 heteroatoms. The van der Waals surface area contributed by atoms with Crippen LogP contribution in [0.3, 0.4) is 0 Å². The highest BCUT2D eigenvalue weighted by Gasteiger charge is 2.37. The molecule has 2 amide bonds. The van der Waals surface area contributed by atoms with Crippen molar-refractivity contribution >= 4 is 17.5 Å². The number of nitrogens with zero attached hydrogens (tertiary/aromatic N) is 1. The van der Waals surface area contributed by atoms with Crippen LogP contribution in [0.2, 0.25) is 0 Å². The van der Waals surface area contributed by atoms with E-state index >= 15 is 0 Å². The minimum absolute atomic E-state index is 0.0456. The molecule has 2 aromatic carbocycles. The molecule has 0 aliphatic heterocycles. The van der Waals surface area contributed by atoms with Crippen molar-refractivity contribution < 1.29 is 40.7 Å². The maximum Gasteiger partial charge on any atom is 0.416 e. The number of nitrogens with one attached hydrogen (secondary N) is 1. The largest absolute Gasteiger partial charge is 0.484 e. The Morgan fingerprint density at radius 3 is 1.97 bits per heavy atom. The van der Waals surface area contributed by atoms with Crippen molar-refractivity contribution in [3.8, 4) is 5.75 Å². The molecule has 0 saturated carbocycles. The van der Waals surface area contributed by atoms with Crippen molar-refractivity contribution in [3.63, 3.8) is 0 Å². The van der Waals surface area contributed by atoms with E-state index in [1.165, 1.54) is 37.2 Å². The fraction of sp³-hybridized carbons (Fsp3) is 0.263. The average Bonchev–Trinajstić information content (AvgIpc) is 2.64. The van der Waals surface area contributed by atoms with Gasteiger partial charge in [0.05, 0.1) is 22.4 Å². The highest BCUT2D eigenvalue weighted by atomic mass is 19.4. The zero-order valence-corrected chi connectivity index (χ0v) is 15.7. The van der Waals surface area contributed by atoms with Crippen molar-refractivity contribution in [2.45, 2.75) is 12.4 Å². The van der Waals surface area contributed by atoms with Crippen LogP contribution in [0.15, 0.2) is 42.5 Å². The number of hydrogen-bond donors (Lipinski definition) is 1. The fourth-order valence-corrected chi connectivity index (χ4v) is 2.36. The monoisotopic (exact) mass is 434 g/mol. The summed E-state index contributed by atoms with van der Waals surface area (Å²) in [5, 5.41) is 2.35. The molecule has 0 radical (unpaired) electrons. The number of amides is 2. The smallest absolute Gasteiger partial charge is 0.416 e. The van der Waals surface area contributed by atoms with Gasteiger partial charge in [0, 0.05) is 14.1 Å². The van der Waals surface area contributed by atoms with Crippen LogP contribution in [0, 0.1) is 0 Å².